The molecule has 0 unspecified atom stereocenters. The molecular weight excluding hydrogens is 886 g/mol. The summed E-state index contributed by atoms with van der Waals surface area (Å²) >= 11 is 0. The van der Waals surface area contributed by atoms with Crippen molar-refractivity contribution >= 4 is 41.7 Å². The van der Waals surface area contributed by atoms with Crippen molar-refractivity contribution < 1.29 is 97.0 Å². The maximum Gasteiger partial charge on any atom is 0.333 e. The van der Waals surface area contributed by atoms with E-state index in [1.165, 1.54) is 27.7 Å². The molecule has 380 valence electrons. The Hall–Kier alpha value is -6.33. The minimum Gasteiger partial charge on any atom is -0.462 e. The van der Waals surface area contributed by atoms with Gasteiger partial charge in [0.1, 0.15) is 51.8 Å². The van der Waals surface area contributed by atoms with E-state index in [9.17, 15) is 48.9 Å². The zero-order valence-corrected chi connectivity index (χ0v) is 39.2. The lowest BCUT2D eigenvalue weighted by Gasteiger charge is -2.30. The van der Waals surface area contributed by atoms with E-state index in [0.717, 1.165) is 18.2 Å². The van der Waals surface area contributed by atoms with Crippen LogP contribution in [-0.4, -0.2) is 172 Å². The van der Waals surface area contributed by atoms with Gasteiger partial charge in [-0.1, -0.05) is 58.2 Å². The van der Waals surface area contributed by atoms with Gasteiger partial charge in [-0.25, -0.2) is 28.8 Å². The number of nitrogens with one attached hydrogen (secondary N) is 1. The summed E-state index contributed by atoms with van der Waals surface area (Å²) in [6, 6.07) is 0. The maximum absolute atomic E-state index is 11.5. The second kappa shape index (κ2) is 46.2. The van der Waals surface area contributed by atoms with Crippen molar-refractivity contribution in [2.45, 2.75) is 39.9 Å². The predicted molar refractivity (Wildman–Crippen MR) is 246 cm³/mol. The van der Waals surface area contributed by atoms with Gasteiger partial charge in [0.2, 0.25) is 5.91 Å². The Kier molecular flexibility index (Phi) is 48.1. The molecule has 0 heterocycles. The topological polar surface area (TPSA) is 307 Å². The highest BCUT2D eigenvalue weighted by atomic mass is 16.6. The van der Waals surface area contributed by atoms with Gasteiger partial charge in [0.25, 0.3) is 0 Å². The first-order valence-electron chi connectivity index (χ1n) is 19.8. The number of aliphatic hydroxyl groups is 5. The number of ether oxygens (including phenoxy) is 8. The first-order chi connectivity index (χ1) is 31.4. The van der Waals surface area contributed by atoms with E-state index in [-0.39, 0.29) is 94.3 Å². The van der Waals surface area contributed by atoms with Crippen LogP contribution in [-0.2, 0) is 71.5 Å². The summed E-state index contributed by atoms with van der Waals surface area (Å²) in [6.07, 6.45) is 4.82. The SMILES string of the molecule is C=C(C)C(=O)OCC(O)COC(=O)C(=C)C.C=CC(=O)NCCO.C=CC(=O)OCC(CO)(COC(=O)C(=C)C)COC(=O)C(=C)C.C=CC(=O)OCCO.C=CCOCC(O)COCC=C. The Bertz CT molecular complexity index is 1500. The van der Waals surface area contributed by atoms with Gasteiger partial charge in [0.05, 0.1) is 51.7 Å². The van der Waals surface area contributed by atoms with Gasteiger partial charge >= 0.3 is 35.8 Å². The summed E-state index contributed by atoms with van der Waals surface area (Å²) in [5, 5.41) is 46.7. The monoisotopic (exact) mass is 957 g/mol. The highest BCUT2D eigenvalue weighted by Gasteiger charge is 2.35. The van der Waals surface area contributed by atoms with Crippen molar-refractivity contribution in [1.82, 2.24) is 5.32 Å². The molecule has 0 aliphatic heterocycles. The molecule has 67 heavy (non-hydrogen) atoms. The highest BCUT2D eigenvalue weighted by Crippen LogP contribution is 2.20. The molecule has 0 spiro atoms. The van der Waals surface area contributed by atoms with Gasteiger partial charge in [-0.05, 0) is 33.8 Å². The fraction of sp³-hybridized carbons (Fsp3) is 0.457. The number of amides is 1. The van der Waals surface area contributed by atoms with E-state index in [1.807, 2.05) is 0 Å². The Balaban J connectivity index is -0.000000254. The first-order valence-corrected chi connectivity index (χ1v) is 19.8. The lowest BCUT2D eigenvalue weighted by atomic mass is 9.92. The van der Waals surface area contributed by atoms with Gasteiger partial charge < -0.3 is 68.7 Å². The van der Waals surface area contributed by atoms with E-state index >= 15 is 0 Å². The number of hydrogen-bond donors (Lipinski definition) is 6. The molecule has 0 aromatic heterocycles. The van der Waals surface area contributed by atoms with Crippen LogP contribution in [0.3, 0.4) is 0 Å². The van der Waals surface area contributed by atoms with E-state index in [1.54, 1.807) is 12.2 Å². The minimum atomic E-state index is -1.30. The van der Waals surface area contributed by atoms with Crippen LogP contribution in [0.4, 0.5) is 0 Å². The molecule has 0 bridgehead atoms. The Morgan fingerprint density at radius 3 is 1.19 bits per heavy atom. The van der Waals surface area contributed by atoms with Crippen LogP contribution in [0, 0.1) is 5.41 Å². The molecule has 1 amide bonds. The third kappa shape index (κ3) is 47.5. The molecule has 0 atom stereocenters. The van der Waals surface area contributed by atoms with E-state index in [4.69, 9.17) is 33.9 Å². The third-order valence-corrected chi connectivity index (χ3v) is 6.44. The van der Waals surface area contributed by atoms with Gasteiger partial charge in [-0.3, -0.25) is 4.79 Å². The quantitative estimate of drug-likeness (QED) is 0.0194. The lowest BCUT2D eigenvalue weighted by molar-refractivity contribution is -0.160. The number of aliphatic hydroxyl groups excluding tert-OH is 5. The normalized spacial score (nSPS) is 9.66. The third-order valence-electron chi connectivity index (χ3n) is 6.44. The summed E-state index contributed by atoms with van der Waals surface area (Å²) in [5.41, 5.74) is -0.482. The molecule has 0 radical (unpaired) electrons. The molecule has 21 nitrogen and oxygen atoms in total. The Morgan fingerprint density at radius 2 is 0.881 bits per heavy atom. The van der Waals surface area contributed by atoms with Gasteiger partial charge in [-0.15, -0.1) is 13.2 Å². The molecule has 6 N–H and O–H groups in total. The van der Waals surface area contributed by atoms with Crippen LogP contribution < -0.4 is 5.32 Å². The van der Waals surface area contributed by atoms with Crippen molar-refractivity contribution in [2.24, 2.45) is 5.41 Å². The number of carbonyl (C=O) groups is 7. The first kappa shape index (κ1) is 69.7. The second-order valence-electron chi connectivity index (χ2n) is 13.2. The summed E-state index contributed by atoms with van der Waals surface area (Å²) in [4.78, 5) is 76.4. The fourth-order valence-corrected chi connectivity index (χ4v) is 2.95. The Labute approximate surface area is 393 Å². The molecular formula is C46H71NO20. The average molecular weight is 958 g/mol. The molecule has 0 aliphatic carbocycles. The van der Waals surface area contributed by atoms with Gasteiger partial charge in [0.15, 0.2) is 0 Å². The van der Waals surface area contributed by atoms with E-state index in [0.29, 0.717) is 19.8 Å². The summed E-state index contributed by atoms with van der Waals surface area (Å²) in [7, 11) is 0. The summed E-state index contributed by atoms with van der Waals surface area (Å²) in [6.45, 7) is 35.8. The molecule has 0 rings (SSSR count). The van der Waals surface area contributed by atoms with Crippen LogP contribution in [0.25, 0.3) is 0 Å². The molecule has 0 aromatic rings. The standard InChI is InChI=1S/C16H22O7.C11H16O5.C9H16O3.C5H9NO2.C5H8O3/c1-6-13(18)21-8-16(7-17,9-22-14(19)11(2)3)10-23-15(20)12(4)5;1-7(2)10(13)15-5-9(12)6-16-11(14)8(3)4;1-3-5-11-7-9(10)8-12-6-4-2;1-2-5(8)6-3-4-7;1-2-5(7)8-4-3-6/h6,17H,1-2,4,7-10H2,3,5H3;9,12H,1,3,5-6H2,2,4H3;3-4,9-10H,1-2,5-8H2;2,7H,1,3-4H2,(H,6,8);2,6H,1,3-4H2. The average Bonchev–Trinajstić information content (AvgIpc) is 3.30. The second-order valence-corrected chi connectivity index (χ2v) is 13.2. The summed E-state index contributed by atoms with van der Waals surface area (Å²) in [5.74, 6) is -4.01. The number of carbonyl (C=O) groups excluding carboxylic acids is 7. The van der Waals surface area contributed by atoms with Crippen LogP contribution in [0.5, 0.6) is 0 Å². The number of rotatable bonds is 30. The molecule has 0 saturated carbocycles. The zero-order chi connectivity index (χ0) is 52.8. The molecule has 0 aliphatic rings. The minimum absolute atomic E-state index is 0.0282. The fourth-order valence-electron chi connectivity index (χ4n) is 2.95. The molecule has 21 heteroatoms. The molecule has 0 saturated heterocycles. The van der Waals surface area contributed by atoms with Gasteiger partial charge in [-0.2, -0.15) is 0 Å². The van der Waals surface area contributed by atoms with Crippen LogP contribution in [0.2, 0.25) is 0 Å². The predicted octanol–water partition coefficient (Wildman–Crippen LogP) is 1.26. The number of esters is 6. The van der Waals surface area contributed by atoms with Crippen LogP contribution in [0.15, 0.2) is 112 Å². The van der Waals surface area contributed by atoms with E-state index in [2.05, 4.69) is 78.7 Å². The Morgan fingerprint density at radius 1 is 0.522 bits per heavy atom. The number of hydrogen-bond acceptors (Lipinski definition) is 20. The van der Waals surface area contributed by atoms with Crippen LogP contribution >= 0.6 is 0 Å². The maximum atomic E-state index is 11.5. The smallest absolute Gasteiger partial charge is 0.333 e. The van der Waals surface area contributed by atoms with Crippen LogP contribution in [0.1, 0.15) is 27.7 Å². The lowest BCUT2D eigenvalue weighted by Crippen LogP contribution is -2.42. The highest BCUT2D eigenvalue weighted by molar-refractivity contribution is 5.88. The van der Waals surface area contributed by atoms with E-state index < -0.39 is 60.0 Å². The zero-order valence-electron chi connectivity index (χ0n) is 39.2. The van der Waals surface area contributed by atoms with Gasteiger partial charge in [0, 0.05) is 41.0 Å². The summed E-state index contributed by atoms with van der Waals surface area (Å²) < 4.78 is 38.5. The molecule has 0 aromatic carbocycles. The van der Waals surface area contributed by atoms with Crippen molar-refractivity contribution in [1.29, 1.82) is 0 Å². The van der Waals surface area contributed by atoms with Crippen molar-refractivity contribution in [3.8, 4) is 0 Å². The van der Waals surface area contributed by atoms with Crippen molar-refractivity contribution in [3.05, 3.63) is 112 Å². The molecule has 0 fully saturated rings. The van der Waals surface area contributed by atoms with Crippen molar-refractivity contribution in [3.63, 3.8) is 0 Å². The largest absolute Gasteiger partial charge is 0.462 e. The van der Waals surface area contributed by atoms with Crippen molar-refractivity contribution in [2.75, 3.05) is 92.4 Å².